The highest BCUT2D eigenvalue weighted by Gasteiger charge is 2.19. The second-order valence-corrected chi connectivity index (χ2v) is 9.12. The second kappa shape index (κ2) is 8.89. The first-order chi connectivity index (χ1) is 13.8. The van der Waals surface area contributed by atoms with Gasteiger partial charge in [-0.3, -0.25) is 0 Å². The molecule has 0 aliphatic heterocycles. The van der Waals surface area contributed by atoms with E-state index in [0.717, 1.165) is 34.0 Å². The smallest absolute Gasteiger partial charge is 0.335 e. The molecule has 0 aliphatic rings. The molecule has 152 valence electrons. The minimum absolute atomic E-state index is 0.0150. The largest absolute Gasteiger partial charge is 0.478 e. The number of carboxylic acids is 1. The van der Waals surface area contributed by atoms with Crippen molar-refractivity contribution in [2.75, 3.05) is 6.61 Å². The third-order valence-corrected chi connectivity index (χ3v) is 5.79. The van der Waals surface area contributed by atoms with Crippen LogP contribution in [-0.2, 0) is 16.8 Å². The summed E-state index contributed by atoms with van der Waals surface area (Å²) in [5.74, 6) is -0.922. The van der Waals surface area contributed by atoms with Crippen LogP contribution in [0.15, 0.2) is 48.7 Å². The van der Waals surface area contributed by atoms with Gasteiger partial charge in [-0.05, 0) is 46.7 Å². The van der Waals surface area contributed by atoms with Crippen LogP contribution in [0, 0.1) is 0 Å². The predicted octanol–water partition coefficient (Wildman–Crippen LogP) is 6.40. The quantitative estimate of drug-likeness (QED) is 0.459. The van der Waals surface area contributed by atoms with Crippen LogP contribution in [-0.4, -0.2) is 22.7 Å². The van der Waals surface area contributed by atoms with Gasteiger partial charge in [0.25, 0.3) is 0 Å². The summed E-state index contributed by atoms with van der Waals surface area (Å²) in [5, 5.41) is 9.94. The molecular weight excluding hydrogens is 382 g/mol. The van der Waals surface area contributed by atoms with E-state index in [2.05, 4.69) is 50.9 Å². The lowest BCUT2D eigenvalue weighted by molar-refractivity contribution is 0.0697. The molecule has 3 rings (SSSR count). The Labute approximate surface area is 176 Å². The molecule has 0 radical (unpaired) electrons. The van der Waals surface area contributed by atoms with Crippen LogP contribution in [0.1, 0.15) is 55.6 Å². The van der Waals surface area contributed by atoms with Gasteiger partial charge in [-0.15, -0.1) is 11.3 Å². The Morgan fingerprint density at radius 3 is 2.41 bits per heavy atom. The Morgan fingerprint density at radius 2 is 1.79 bits per heavy atom. The summed E-state index contributed by atoms with van der Waals surface area (Å²) in [7, 11) is 0. The standard InChI is InChI=1S/C24H27NO3S/c1-5-12-28-15-19-11-10-18(13-20(19)24(2,3)4)21-14-25-22(29-21)16-6-8-17(9-7-16)23(26)27/h6-11,13-14H,5,12,15H2,1-4H3,(H,26,27). The summed E-state index contributed by atoms with van der Waals surface area (Å²) in [6, 6.07) is 13.4. The van der Waals surface area contributed by atoms with Gasteiger partial charge in [-0.25, -0.2) is 9.78 Å². The van der Waals surface area contributed by atoms with Crippen LogP contribution in [0.25, 0.3) is 21.0 Å². The van der Waals surface area contributed by atoms with Crippen molar-refractivity contribution in [1.29, 1.82) is 0 Å². The van der Waals surface area contributed by atoms with Gasteiger partial charge in [0.2, 0.25) is 0 Å². The van der Waals surface area contributed by atoms with Crippen LogP contribution >= 0.6 is 11.3 Å². The van der Waals surface area contributed by atoms with Crippen molar-refractivity contribution in [2.45, 2.75) is 46.1 Å². The first-order valence-corrected chi connectivity index (χ1v) is 10.6. The Hall–Kier alpha value is -2.50. The van der Waals surface area contributed by atoms with E-state index in [9.17, 15) is 4.79 Å². The summed E-state index contributed by atoms with van der Waals surface area (Å²) < 4.78 is 5.79. The fourth-order valence-electron chi connectivity index (χ4n) is 3.18. The van der Waals surface area contributed by atoms with E-state index in [1.54, 1.807) is 35.6 Å². The molecule has 0 aliphatic carbocycles. The summed E-state index contributed by atoms with van der Waals surface area (Å²) in [4.78, 5) is 16.7. The van der Waals surface area contributed by atoms with Gasteiger partial charge in [0.15, 0.2) is 0 Å². The molecule has 0 saturated heterocycles. The maximum Gasteiger partial charge on any atom is 0.335 e. The van der Waals surface area contributed by atoms with E-state index < -0.39 is 5.97 Å². The van der Waals surface area contributed by atoms with Crippen LogP contribution in [0.5, 0.6) is 0 Å². The number of benzene rings is 2. The van der Waals surface area contributed by atoms with Gasteiger partial charge in [-0.2, -0.15) is 0 Å². The van der Waals surface area contributed by atoms with E-state index >= 15 is 0 Å². The van der Waals surface area contributed by atoms with Gasteiger partial charge in [-0.1, -0.05) is 52.0 Å². The number of carboxylic acid groups (broad SMARTS) is 1. The van der Waals surface area contributed by atoms with E-state index in [0.29, 0.717) is 6.61 Å². The lowest BCUT2D eigenvalue weighted by atomic mass is 9.83. The lowest BCUT2D eigenvalue weighted by Crippen LogP contribution is -2.15. The Balaban J connectivity index is 1.90. The van der Waals surface area contributed by atoms with Crippen LogP contribution in [0.2, 0.25) is 0 Å². The van der Waals surface area contributed by atoms with Crippen LogP contribution < -0.4 is 0 Å². The molecule has 0 unspecified atom stereocenters. The normalized spacial score (nSPS) is 11.6. The summed E-state index contributed by atoms with van der Waals surface area (Å²) in [5.41, 5.74) is 4.87. The SMILES string of the molecule is CCCOCc1ccc(-c2cnc(-c3ccc(C(=O)O)cc3)s2)cc1C(C)(C)C. The molecule has 0 fully saturated rings. The van der Waals surface area contributed by atoms with Crippen molar-refractivity contribution in [3.8, 4) is 21.0 Å². The highest BCUT2D eigenvalue weighted by atomic mass is 32.1. The molecule has 4 nitrogen and oxygen atoms in total. The fraction of sp³-hybridized carbons (Fsp3) is 0.333. The number of aromatic carboxylic acids is 1. The molecular formula is C24H27NO3S. The summed E-state index contributed by atoms with van der Waals surface area (Å²) >= 11 is 1.61. The highest BCUT2D eigenvalue weighted by molar-refractivity contribution is 7.18. The molecule has 1 aromatic heterocycles. The number of ether oxygens (including phenoxy) is 1. The minimum atomic E-state index is -0.922. The third-order valence-electron chi connectivity index (χ3n) is 4.69. The van der Waals surface area contributed by atoms with Gasteiger partial charge in [0.1, 0.15) is 5.01 Å². The van der Waals surface area contributed by atoms with Crippen molar-refractivity contribution in [2.24, 2.45) is 0 Å². The fourth-order valence-corrected chi connectivity index (χ4v) is 4.09. The first kappa shape index (κ1) is 21.2. The van der Waals surface area contributed by atoms with Gasteiger partial charge >= 0.3 is 5.97 Å². The Kier molecular flexibility index (Phi) is 6.50. The summed E-state index contributed by atoms with van der Waals surface area (Å²) in [6.07, 6.45) is 2.90. The monoisotopic (exact) mass is 409 g/mol. The molecule has 29 heavy (non-hydrogen) atoms. The zero-order chi connectivity index (χ0) is 21.0. The van der Waals surface area contributed by atoms with Gasteiger partial charge < -0.3 is 9.84 Å². The molecule has 1 heterocycles. The number of rotatable bonds is 7. The molecule has 2 aromatic carbocycles. The van der Waals surface area contributed by atoms with E-state index in [4.69, 9.17) is 9.84 Å². The van der Waals surface area contributed by atoms with Crippen LogP contribution in [0.4, 0.5) is 0 Å². The van der Waals surface area contributed by atoms with Gasteiger partial charge in [0.05, 0.1) is 17.0 Å². The van der Waals surface area contributed by atoms with Crippen molar-refractivity contribution in [3.63, 3.8) is 0 Å². The van der Waals surface area contributed by atoms with E-state index in [1.165, 1.54) is 11.1 Å². The predicted molar refractivity (Wildman–Crippen MR) is 119 cm³/mol. The number of aromatic nitrogens is 1. The zero-order valence-corrected chi connectivity index (χ0v) is 18.2. The zero-order valence-electron chi connectivity index (χ0n) is 17.4. The third kappa shape index (κ3) is 5.11. The molecule has 0 saturated carbocycles. The number of nitrogens with zero attached hydrogens (tertiary/aromatic N) is 1. The Bertz CT molecular complexity index is 984. The molecule has 1 N–H and O–H groups in total. The van der Waals surface area contributed by atoms with Crippen molar-refractivity contribution in [3.05, 3.63) is 65.4 Å². The second-order valence-electron chi connectivity index (χ2n) is 8.09. The molecule has 0 atom stereocenters. The van der Waals surface area contributed by atoms with E-state index in [-0.39, 0.29) is 11.0 Å². The average molecular weight is 410 g/mol. The number of hydrogen-bond acceptors (Lipinski definition) is 4. The number of hydrogen-bond donors (Lipinski definition) is 1. The molecule has 3 aromatic rings. The van der Waals surface area contributed by atoms with Crippen LogP contribution in [0.3, 0.4) is 0 Å². The van der Waals surface area contributed by atoms with Crippen molar-refractivity contribution in [1.82, 2.24) is 4.98 Å². The maximum absolute atomic E-state index is 11.0. The highest BCUT2D eigenvalue weighted by Crippen LogP contribution is 2.36. The molecule has 0 spiro atoms. The molecule has 5 heteroatoms. The Morgan fingerprint density at radius 1 is 1.10 bits per heavy atom. The van der Waals surface area contributed by atoms with E-state index in [1.807, 2.05) is 6.20 Å². The minimum Gasteiger partial charge on any atom is -0.478 e. The maximum atomic E-state index is 11.0. The number of carbonyl (C=O) groups is 1. The molecule has 0 bridgehead atoms. The molecule has 0 amide bonds. The lowest BCUT2D eigenvalue weighted by Gasteiger charge is -2.24. The van der Waals surface area contributed by atoms with Crippen molar-refractivity contribution >= 4 is 17.3 Å². The van der Waals surface area contributed by atoms with Gasteiger partial charge in [0, 0.05) is 18.4 Å². The van der Waals surface area contributed by atoms with Crippen molar-refractivity contribution < 1.29 is 14.6 Å². The average Bonchev–Trinajstić information content (AvgIpc) is 3.18. The topological polar surface area (TPSA) is 59.4 Å². The summed E-state index contributed by atoms with van der Waals surface area (Å²) in [6.45, 7) is 10.2. The first-order valence-electron chi connectivity index (χ1n) is 9.80. The number of thiazole rings is 1.